The van der Waals surface area contributed by atoms with Gasteiger partial charge in [0.25, 0.3) is 7.82 Å². The number of likely N-dealkylation sites (N-methyl/N-ethyl adjacent to an activating group) is 1. The molecule has 2 unspecified atom stereocenters. The van der Waals surface area contributed by atoms with Crippen molar-refractivity contribution in [3.63, 3.8) is 0 Å². The second kappa shape index (κ2) is 44.0. The largest absolute Gasteiger partial charge is 0.756 e. The Morgan fingerprint density at radius 3 is 1.21 bits per heavy atom. The van der Waals surface area contributed by atoms with Crippen LogP contribution < -0.4 is 4.89 Å². The smallest absolute Gasteiger partial charge is 0.306 e. The maximum atomic E-state index is 12.7. The van der Waals surface area contributed by atoms with Gasteiger partial charge in [-0.1, -0.05) is 212 Å². The molecule has 0 spiro atoms. The first-order valence-electron chi connectivity index (χ1n) is 25.9. The molecule has 0 bridgehead atoms. The highest BCUT2D eigenvalue weighted by atomic mass is 31.2. The minimum Gasteiger partial charge on any atom is -0.756 e. The molecule has 0 saturated carbocycles. The minimum absolute atomic E-state index is 0.0282. The van der Waals surface area contributed by atoms with Crippen LogP contribution in [0, 0.1) is 0 Å². The van der Waals surface area contributed by atoms with Gasteiger partial charge in [-0.05, 0) is 38.5 Å². The highest BCUT2D eigenvalue weighted by Gasteiger charge is 2.21. The lowest BCUT2D eigenvalue weighted by atomic mass is 10.0. The summed E-state index contributed by atoms with van der Waals surface area (Å²) < 4.78 is 34.1. The van der Waals surface area contributed by atoms with Crippen LogP contribution in [0.5, 0.6) is 0 Å². The predicted molar refractivity (Wildman–Crippen MR) is 255 cm³/mol. The summed E-state index contributed by atoms with van der Waals surface area (Å²) in [5.74, 6) is -0.824. The van der Waals surface area contributed by atoms with Crippen LogP contribution in [0.3, 0.4) is 0 Å². The number of carbonyl (C=O) groups is 2. The number of hydrogen-bond acceptors (Lipinski definition) is 8. The number of carbonyl (C=O) groups excluding carboxylic acids is 2. The van der Waals surface area contributed by atoms with Crippen LogP contribution in [-0.4, -0.2) is 70.0 Å². The molecule has 9 nitrogen and oxygen atoms in total. The summed E-state index contributed by atoms with van der Waals surface area (Å²) >= 11 is 0. The van der Waals surface area contributed by atoms with E-state index in [4.69, 9.17) is 18.5 Å². The summed E-state index contributed by atoms with van der Waals surface area (Å²) in [5, 5.41) is 0. The predicted octanol–water partition coefficient (Wildman–Crippen LogP) is 14.7. The Balaban J connectivity index is 4.21. The van der Waals surface area contributed by atoms with E-state index in [0.717, 1.165) is 44.9 Å². The third-order valence-corrected chi connectivity index (χ3v) is 12.5. The molecule has 2 atom stereocenters. The van der Waals surface area contributed by atoms with Gasteiger partial charge in [0.1, 0.15) is 19.8 Å². The molecule has 0 fully saturated rings. The van der Waals surface area contributed by atoms with Crippen molar-refractivity contribution < 1.29 is 42.1 Å². The van der Waals surface area contributed by atoms with Gasteiger partial charge in [-0.3, -0.25) is 14.2 Å². The Morgan fingerprint density at radius 1 is 0.492 bits per heavy atom. The first-order valence-corrected chi connectivity index (χ1v) is 27.4. The summed E-state index contributed by atoms with van der Waals surface area (Å²) in [6.07, 6.45) is 48.1. The zero-order valence-electron chi connectivity index (χ0n) is 40.9. The zero-order valence-corrected chi connectivity index (χ0v) is 41.8. The van der Waals surface area contributed by atoms with E-state index in [1.54, 1.807) is 0 Å². The number of allylic oxidation sites excluding steroid dienone is 2. The molecule has 0 aromatic heterocycles. The number of phosphoric ester groups is 1. The second-order valence-electron chi connectivity index (χ2n) is 18.9. The van der Waals surface area contributed by atoms with Crippen LogP contribution in [-0.2, 0) is 32.7 Å². The van der Waals surface area contributed by atoms with Crippen molar-refractivity contribution in [2.24, 2.45) is 0 Å². The second-order valence-corrected chi connectivity index (χ2v) is 20.3. The van der Waals surface area contributed by atoms with Gasteiger partial charge in [0, 0.05) is 12.8 Å². The number of phosphoric acid groups is 1. The van der Waals surface area contributed by atoms with Crippen LogP contribution in [0.2, 0.25) is 0 Å². The van der Waals surface area contributed by atoms with E-state index in [1.807, 2.05) is 21.1 Å². The molecule has 0 aliphatic heterocycles. The Bertz CT molecular complexity index is 1050. The number of rotatable bonds is 48. The third kappa shape index (κ3) is 48.1. The number of quaternary nitrogens is 1. The average Bonchev–Trinajstić information content (AvgIpc) is 3.21. The van der Waals surface area contributed by atoms with E-state index in [0.29, 0.717) is 17.4 Å². The van der Waals surface area contributed by atoms with Crippen LogP contribution in [0.1, 0.15) is 251 Å². The fraction of sp³-hybridized carbons (Fsp3) is 0.922. The lowest BCUT2D eigenvalue weighted by molar-refractivity contribution is -0.870. The molecule has 0 aliphatic rings. The van der Waals surface area contributed by atoms with Gasteiger partial charge in [0.05, 0.1) is 27.7 Å². The number of unbranched alkanes of at least 4 members (excludes halogenated alkanes) is 32. The molecule has 362 valence electrons. The van der Waals surface area contributed by atoms with Gasteiger partial charge in [-0.25, -0.2) is 0 Å². The molecule has 0 aliphatic carbocycles. The molecule has 61 heavy (non-hydrogen) atoms. The maximum absolute atomic E-state index is 12.7. The first kappa shape index (κ1) is 59.8. The fourth-order valence-electron chi connectivity index (χ4n) is 7.48. The monoisotopic (exact) mass is 886 g/mol. The topological polar surface area (TPSA) is 111 Å². The maximum Gasteiger partial charge on any atom is 0.306 e. The third-order valence-electron chi connectivity index (χ3n) is 11.5. The van der Waals surface area contributed by atoms with Crippen LogP contribution in [0.15, 0.2) is 12.2 Å². The molecule has 0 N–H and O–H groups in total. The van der Waals surface area contributed by atoms with Crippen molar-refractivity contribution in [2.45, 2.75) is 258 Å². The van der Waals surface area contributed by atoms with E-state index >= 15 is 0 Å². The molecule has 0 radical (unpaired) electrons. The Kier molecular flexibility index (Phi) is 43.1. The Morgan fingerprint density at radius 2 is 0.836 bits per heavy atom. The van der Waals surface area contributed by atoms with Gasteiger partial charge in [-0.15, -0.1) is 0 Å². The zero-order chi connectivity index (χ0) is 45.0. The summed E-state index contributed by atoms with van der Waals surface area (Å²) in [6, 6.07) is 0. The molecule has 0 heterocycles. The van der Waals surface area contributed by atoms with Crippen molar-refractivity contribution in [2.75, 3.05) is 47.5 Å². The van der Waals surface area contributed by atoms with Gasteiger partial charge >= 0.3 is 11.9 Å². The van der Waals surface area contributed by atoms with Crippen molar-refractivity contribution in [3.05, 3.63) is 12.2 Å². The molecule has 10 heteroatoms. The van der Waals surface area contributed by atoms with E-state index in [2.05, 4.69) is 26.0 Å². The molecular formula is C51H100NO8P. The van der Waals surface area contributed by atoms with Crippen LogP contribution >= 0.6 is 7.82 Å². The van der Waals surface area contributed by atoms with Crippen molar-refractivity contribution in [1.29, 1.82) is 0 Å². The standard InChI is InChI=1S/C51H100NO8P/c1-6-8-10-12-14-16-18-20-22-24-25-26-28-29-31-33-35-37-39-41-43-50(53)57-47-49(48-59-61(55,56)58-46-45-52(3,4)5)60-51(54)44-42-40-38-36-34-32-30-27-23-21-19-17-15-13-11-9-7-2/h21,23,49H,6-20,22,24-48H2,1-5H3/b23-21-. The fourth-order valence-corrected chi connectivity index (χ4v) is 8.20. The van der Waals surface area contributed by atoms with E-state index in [9.17, 15) is 19.0 Å². The van der Waals surface area contributed by atoms with Gasteiger partial charge in [0.2, 0.25) is 0 Å². The Hall–Kier alpha value is -1.25. The molecule has 0 saturated heterocycles. The summed E-state index contributed by atoms with van der Waals surface area (Å²) in [7, 11) is 1.18. The number of esters is 2. The summed E-state index contributed by atoms with van der Waals surface area (Å²) in [4.78, 5) is 37.7. The van der Waals surface area contributed by atoms with Crippen molar-refractivity contribution in [1.82, 2.24) is 0 Å². The van der Waals surface area contributed by atoms with Gasteiger partial charge in [0.15, 0.2) is 6.10 Å². The lowest BCUT2D eigenvalue weighted by Gasteiger charge is -2.28. The van der Waals surface area contributed by atoms with Crippen LogP contribution in [0.4, 0.5) is 0 Å². The highest BCUT2D eigenvalue weighted by molar-refractivity contribution is 7.45. The van der Waals surface area contributed by atoms with Gasteiger partial charge < -0.3 is 27.9 Å². The van der Waals surface area contributed by atoms with E-state index in [1.165, 1.54) is 173 Å². The van der Waals surface area contributed by atoms with Gasteiger partial charge in [-0.2, -0.15) is 0 Å². The molecular weight excluding hydrogens is 786 g/mol. The lowest BCUT2D eigenvalue weighted by Crippen LogP contribution is -2.37. The SMILES string of the molecule is CCCCCCCC/C=C\CCCCCCCCCC(=O)OC(COC(=O)CCCCCCCCCCCCCCCCCCCCCC)COP(=O)([O-])OCC[N+](C)(C)C. The molecule has 0 amide bonds. The number of hydrogen-bond donors (Lipinski definition) is 0. The first-order chi connectivity index (χ1) is 29.5. The Labute approximate surface area is 377 Å². The number of nitrogens with zero attached hydrogens (tertiary/aromatic N) is 1. The molecule has 0 aromatic carbocycles. The number of ether oxygens (including phenoxy) is 2. The minimum atomic E-state index is -4.63. The summed E-state index contributed by atoms with van der Waals surface area (Å²) in [6.45, 7) is 4.27. The normalized spacial score (nSPS) is 13.5. The van der Waals surface area contributed by atoms with Crippen molar-refractivity contribution in [3.8, 4) is 0 Å². The van der Waals surface area contributed by atoms with Crippen LogP contribution in [0.25, 0.3) is 0 Å². The summed E-state index contributed by atoms with van der Waals surface area (Å²) in [5.41, 5.74) is 0. The average molecular weight is 886 g/mol. The molecule has 0 aromatic rings. The van der Waals surface area contributed by atoms with Crippen molar-refractivity contribution >= 4 is 19.8 Å². The highest BCUT2D eigenvalue weighted by Crippen LogP contribution is 2.38. The van der Waals surface area contributed by atoms with E-state index in [-0.39, 0.29) is 32.0 Å². The quantitative estimate of drug-likeness (QED) is 0.0195. The molecule has 0 rings (SSSR count). The van der Waals surface area contributed by atoms with E-state index < -0.39 is 26.5 Å².